The Morgan fingerprint density at radius 2 is 2.17 bits per heavy atom. The van der Waals surface area contributed by atoms with Gasteiger partial charge in [-0.1, -0.05) is 5.92 Å². The summed E-state index contributed by atoms with van der Waals surface area (Å²) in [6.45, 7) is 0. The summed E-state index contributed by atoms with van der Waals surface area (Å²) in [7, 11) is 0. The van der Waals surface area contributed by atoms with Crippen molar-refractivity contribution >= 4 is 6.09 Å². The summed E-state index contributed by atoms with van der Waals surface area (Å²) in [6.07, 6.45) is 5.13. The molecule has 1 amide bonds. The second-order valence-corrected chi connectivity index (χ2v) is 2.59. The number of amides is 1. The van der Waals surface area contributed by atoms with Crippen LogP contribution >= 0.6 is 0 Å². The topological polar surface area (TPSA) is 64.3 Å². The summed E-state index contributed by atoms with van der Waals surface area (Å²) in [4.78, 5) is 11.7. The highest BCUT2D eigenvalue weighted by Gasteiger charge is 2.35. The maximum Gasteiger partial charge on any atom is 0.409 e. The molecule has 0 radical (unpaired) electrons. The third kappa shape index (κ3) is 1.19. The fourth-order valence-corrected chi connectivity index (χ4v) is 1.37. The molecule has 4 nitrogen and oxygen atoms in total. The van der Waals surface area contributed by atoms with Crippen molar-refractivity contribution in [1.29, 1.82) is 5.26 Å². The van der Waals surface area contributed by atoms with E-state index in [1.54, 1.807) is 0 Å². The molecule has 2 atom stereocenters. The van der Waals surface area contributed by atoms with Gasteiger partial charge in [-0.15, -0.1) is 6.42 Å². The van der Waals surface area contributed by atoms with Crippen molar-refractivity contribution in [1.82, 2.24) is 4.90 Å². The molecule has 1 N–H and O–H groups in total. The second kappa shape index (κ2) is 3.15. The molecule has 62 valence electrons. The summed E-state index contributed by atoms with van der Waals surface area (Å²) in [5, 5.41) is 17.3. The molecule has 1 aliphatic heterocycles. The third-order valence-electron chi connectivity index (χ3n) is 1.95. The first-order valence-electron chi connectivity index (χ1n) is 3.57. The minimum Gasteiger partial charge on any atom is -0.465 e. The molecular weight excluding hydrogens is 156 g/mol. The van der Waals surface area contributed by atoms with Crippen LogP contribution in [0.2, 0.25) is 0 Å². The zero-order valence-corrected chi connectivity index (χ0v) is 6.40. The zero-order chi connectivity index (χ0) is 9.14. The Bertz CT molecular complexity index is 252. The maximum absolute atomic E-state index is 10.6. The van der Waals surface area contributed by atoms with Gasteiger partial charge in [0.25, 0.3) is 0 Å². The molecule has 1 saturated heterocycles. The minimum atomic E-state index is -1.11. The normalized spacial score (nSPS) is 27.7. The molecule has 1 fully saturated rings. The number of hydrogen-bond donors (Lipinski definition) is 1. The molecular formula is C8H8N2O2. The molecule has 0 unspecified atom stereocenters. The molecule has 0 spiro atoms. The van der Waals surface area contributed by atoms with Crippen LogP contribution in [0.3, 0.4) is 0 Å². The summed E-state index contributed by atoms with van der Waals surface area (Å²) in [5.41, 5.74) is 0. The van der Waals surface area contributed by atoms with E-state index in [9.17, 15) is 4.79 Å². The lowest BCUT2D eigenvalue weighted by atomic mass is 10.2. The van der Waals surface area contributed by atoms with Crippen molar-refractivity contribution in [2.45, 2.75) is 24.9 Å². The van der Waals surface area contributed by atoms with E-state index >= 15 is 0 Å². The molecule has 0 aromatic carbocycles. The molecule has 1 heterocycles. The second-order valence-electron chi connectivity index (χ2n) is 2.59. The van der Waals surface area contributed by atoms with E-state index in [0.717, 1.165) is 4.90 Å². The Hall–Kier alpha value is -1.68. The Balaban J connectivity index is 2.83. The largest absolute Gasteiger partial charge is 0.465 e. The van der Waals surface area contributed by atoms with E-state index in [-0.39, 0.29) is 0 Å². The molecule has 12 heavy (non-hydrogen) atoms. The number of nitrogens with zero attached hydrogens (tertiary/aromatic N) is 2. The molecule has 1 rings (SSSR count). The third-order valence-corrected chi connectivity index (χ3v) is 1.95. The highest BCUT2D eigenvalue weighted by molar-refractivity contribution is 5.67. The van der Waals surface area contributed by atoms with Gasteiger partial charge in [-0.3, -0.25) is 4.90 Å². The van der Waals surface area contributed by atoms with E-state index in [1.807, 2.05) is 6.07 Å². The lowest BCUT2D eigenvalue weighted by Gasteiger charge is -2.19. The molecule has 4 heteroatoms. The van der Waals surface area contributed by atoms with E-state index in [0.29, 0.717) is 12.8 Å². The van der Waals surface area contributed by atoms with Gasteiger partial charge in [-0.05, 0) is 12.8 Å². The van der Waals surface area contributed by atoms with E-state index in [2.05, 4.69) is 5.92 Å². The van der Waals surface area contributed by atoms with Crippen molar-refractivity contribution < 1.29 is 9.90 Å². The van der Waals surface area contributed by atoms with Crippen molar-refractivity contribution in [3.8, 4) is 18.4 Å². The van der Waals surface area contributed by atoms with Gasteiger partial charge in [0, 0.05) is 0 Å². The first-order valence-corrected chi connectivity index (χ1v) is 3.57. The maximum atomic E-state index is 10.6. The number of terminal acetylenes is 1. The van der Waals surface area contributed by atoms with Crippen LogP contribution in [0.25, 0.3) is 0 Å². The molecule has 0 bridgehead atoms. The van der Waals surface area contributed by atoms with Crippen molar-refractivity contribution in [2.24, 2.45) is 0 Å². The summed E-state index contributed by atoms with van der Waals surface area (Å²) >= 11 is 0. The van der Waals surface area contributed by atoms with Crippen LogP contribution in [0, 0.1) is 23.7 Å². The van der Waals surface area contributed by atoms with E-state index < -0.39 is 18.2 Å². The van der Waals surface area contributed by atoms with Crippen molar-refractivity contribution in [2.75, 3.05) is 0 Å². The zero-order valence-electron chi connectivity index (χ0n) is 6.40. The summed E-state index contributed by atoms with van der Waals surface area (Å²) in [5.74, 6) is 2.35. The van der Waals surface area contributed by atoms with Crippen LogP contribution in [0.4, 0.5) is 4.79 Å². The Morgan fingerprint density at radius 1 is 1.58 bits per heavy atom. The quantitative estimate of drug-likeness (QED) is 0.535. The first-order chi connectivity index (χ1) is 5.70. The van der Waals surface area contributed by atoms with E-state index in [4.69, 9.17) is 16.8 Å². The van der Waals surface area contributed by atoms with E-state index in [1.165, 1.54) is 0 Å². The van der Waals surface area contributed by atoms with Gasteiger partial charge in [0.05, 0.1) is 12.1 Å². The Kier molecular flexibility index (Phi) is 2.21. The van der Waals surface area contributed by atoms with Gasteiger partial charge in [0.2, 0.25) is 0 Å². The average Bonchev–Trinajstić information content (AvgIpc) is 2.46. The number of carbonyl (C=O) groups is 1. The SMILES string of the molecule is C#C[C@H]1CC[C@@H](C#N)N1C(=O)O. The smallest absolute Gasteiger partial charge is 0.409 e. The summed E-state index contributed by atoms with van der Waals surface area (Å²) in [6, 6.07) is 0.919. The van der Waals surface area contributed by atoms with Gasteiger partial charge in [0.1, 0.15) is 6.04 Å². The predicted molar refractivity (Wildman–Crippen MR) is 41.1 cm³/mol. The number of carboxylic acid groups (broad SMARTS) is 1. The fourth-order valence-electron chi connectivity index (χ4n) is 1.37. The lowest BCUT2D eigenvalue weighted by Crippen LogP contribution is -2.38. The van der Waals surface area contributed by atoms with Gasteiger partial charge in [0.15, 0.2) is 0 Å². The van der Waals surface area contributed by atoms with Crippen LogP contribution in [-0.4, -0.2) is 28.2 Å². The Labute approximate surface area is 70.4 Å². The lowest BCUT2D eigenvalue weighted by molar-refractivity contribution is 0.140. The number of hydrogen-bond acceptors (Lipinski definition) is 2. The predicted octanol–water partition coefficient (Wildman–Crippen LogP) is 0.654. The number of nitriles is 1. The minimum absolute atomic E-state index is 0.424. The fraction of sp³-hybridized carbons (Fsp3) is 0.500. The molecule has 0 aromatic rings. The molecule has 1 aliphatic rings. The number of likely N-dealkylation sites (tertiary alicyclic amines) is 1. The van der Waals surface area contributed by atoms with Gasteiger partial charge in [-0.25, -0.2) is 4.79 Å². The Morgan fingerprint density at radius 3 is 2.58 bits per heavy atom. The highest BCUT2D eigenvalue weighted by Crippen LogP contribution is 2.22. The van der Waals surface area contributed by atoms with Crippen molar-refractivity contribution in [3.63, 3.8) is 0 Å². The van der Waals surface area contributed by atoms with Crippen LogP contribution in [-0.2, 0) is 0 Å². The van der Waals surface area contributed by atoms with Crippen molar-refractivity contribution in [3.05, 3.63) is 0 Å². The van der Waals surface area contributed by atoms with Gasteiger partial charge in [-0.2, -0.15) is 5.26 Å². The van der Waals surface area contributed by atoms with Gasteiger partial charge >= 0.3 is 6.09 Å². The average molecular weight is 164 g/mol. The monoisotopic (exact) mass is 164 g/mol. The standard InChI is InChI=1S/C8H8N2O2/c1-2-6-3-4-7(5-9)10(6)8(11)12/h1,6-7H,3-4H2,(H,11,12)/t6-,7-/m0/s1. The molecule has 0 aromatic heterocycles. The van der Waals surface area contributed by atoms with Crippen LogP contribution in [0.15, 0.2) is 0 Å². The number of rotatable bonds is 0. The van der Waals surface area contributed by atoms with Crippen LogP contribution in [0.5, 0.6) is 0 Å². The van der Waals surface area contributed by atoms with Crippen LogP contribution < -0.4 is 0 Å². The first kappa shape index (κ1) is 8.42. The highest BCUT2D eigenvalue weighted by atomic mass is 16.4. The van der Waals surface area contributed by atoms with Gasteiger partial charge < -0.3 is 5.11 Å². The molecule has 0 aliphatic carbocycles. The van der Waals surface area contributed by atoms with Crippen LogP contribution in [0.1, 0.15) is 12.8 Å². The summed E-state index contributed by atoms with van der Waals surface area (Å²) < 4.78 is 0. The molecule has 0 saturated carbocycles.